The molecular formula is C24H29N3O5. The van der Waals surface area contributed by atoms with Gasteiger partial charge in [-0.15, -0.1) is 0 Å². The molecule has 170 valence electrons. The molecule has 0 saturated heterocycles. The zero-order chi connectivity index (χ0) is 23.6. The third-order valence-electron chi connectivity index (χ3n) is 5.13. The molecule has 2 N–H and O–H groups in total. The van der Waals surface area contributed by atoms with Gasteiger partial charge in [-0.3, -0.25) is 4.79 Å². The molecule has 1 unspecified atom stereocenters. The summed E-state index contributed by atoms with van der Waals surface area (Å²) in [5.74, 6) is -0.337. The van der Waals surface area contributed by atoms with Gasteiger partial charge in [0.25, 0.3) is 0 Å². The summed E-state index contributed by atoms with van der Waals surface area (Å²) in [4.78, 5) is 29.7. The van der Waals surface area contributed by atoms with Crippen molar-refractivity contribution in [2.24, 2.45) is 0 Å². The molecule has 2 aromatic rings. The number of esters is 1. The van der Waals surface area contributed by atoms with Gasteiger partial charge in [-0.05, 0) is 63.4 Å². The molecule has 0 bridgehead atoms. The molecule has 1 atom stereocenters. The van der Waals surface area contributed by atoms with Gasteiger partial charge >= 0.3 is 5.97 Å². The quantitative estimate of drug-likeness (QED) is 0.397. The van der Waals surface area contributed by atoms with Gasteiger partial charge in [-0.2, -0.15) is 0 Å². The molecule has 0 fully saturated rings. The Morgan fingerprint density at radius 2 is 2.00 bits per heavy atom. The fourth-order valence-electron chi connectivity index (χ4n) is 3.80. The Morgan fingerprint density at radius 3 is 2.62 bits per heavy atom. The SMILES string of the molecule is COC(=O)C(OC(C)(C)C)c1c(C)nc(C(=O)C=N)c(C)c1-c1ccc2c(c1)NCCO2. The van der Waals surface area contributed by atoms with E-state index in [-0.39, 0.29) is 5.69 Å². The number of hydrogen-bond donors (Lipinski definition) is 2. The molecule has 1 aromatic carbocycles. The molecule has 1 aliphatic heterocycles. The molecule has 8 heteroatoms. The van der Waals surface area contributed by atoms with Crippen molar-refractivity contribution in [3.8, 4) is 16.9 Å². The average molecular weight is 440 g/mol. The van der Waals surface area contributed by atoms with Crippen LogP contribution in [-0.4, -0.2) is 48.8 Å². The summed E-state index contributed by atoms with van der Waals surface area (Å²) in [7, 11) is 1.31. The molecule has 0 saturated carbocycles. The summed E-state index contributed by atoms with van der Waals surface area (Å²) in [5, 5.41) is 10.7. The number of hydrogen-bond acceptors (Lipinski definition) is 8. The molecule has 0 radical (unpaired) electrons. The predicted octanol–water partition coefficient (Wildman–Crippen LogP) is 4.03. The highest BCUT2D eigenvalue weighted by Gasteiger charge is 2.34. The maximum absolute atomic E-state index is 12.8. The van der Waals surface area contributed by atoms with Crippen LogP contribution in [0.5, 0.6) is 5.75 Å². The zero-order valence-electron chi connectivity index (χ0n) is 19.3. The lowest BCUT2D eigenvalue weighted by atomic mass is 9.89. The van der Waals surface area contributed by atoms with E-state index in [0.29, 0.717) is 35.5 Å². The zero-order valence-corrected chi connectivity index (χ0v) is 19.3. The van der Waals surface area contributed by atoms with E-state index in [1.165, 1.54) is 7.11 Å². The lowest BCUT2D eigenvalue weighted by Crippen LogP contribution is -2.30. The van der Waals surface area contributed by atoms with Gasteiger partial charge in [-0.25, -0.2) is 9.78 Å². The second-order valence-corrected chi connectivity index (χ2v) is 8.59. The van der Waals surface area contributed by atoms with Crippen molar-refractivity contribution < 1.29 is 23.8 Å². The number of carbonyl (C=O) groups is 2. The van der Waals surface area contributed by atoms with Crippen molar-refractivity contribution in [1.29, 1.82) is 5.41 Å². The van der Waals surface area contributed by atoms with Gasteiger partial charge in [0.05, 0.1) is 24.6 Å². The van der Waals surface area contributed by atoms with Crippen LogP contribution in [0.1, 0.15) is 54.2 Å². The van der Waals surface area contributed by atoms with Gasteiger partial charge in [0.1, 0.15) is 18.1 Å². The third kappa shape index (κ3) is 4.65. The molecule has 0 aliphatic carbocycles. The van der Waals surface area contributed by atoms with Crippen molar-refractivity contribution >= 4 is 23.7 Å². The first-order chi connectivity index (χ1) is 15.1. The Kier molecular flexibility index (Phi) is 6.64. The lowest BCUT2D eigenvalue weighted by Gasteiger charge is -2.29. The van der Waals surface area contributed by atoms with E-state index >= 15 is 0 Å². The minimum atomic E-state index is -1.05. The summed E-state index contributed by atoms with van der Waals surface area (Å²) in [6, 6.07) is 5.65. The van der Waals surface area contributed by atoms with Gasteiger partial charge < -0.3 is 24.9 Å². The van der Waals surface area contributed by atoms with Gasteiger partial charge in [0, 0.05) is 17.8 Å². The number of nitrogens with zero attached hydrogens (tertiary/aromatic N) is 1. The van der Waals surface area contributed by atoms with Crippen molar-refractivity contribution in [2.75, 3.05) is 25.6 Å². The molecule has 3 rings (SSSR count). The molecule has 0 amide bonds. The predicted molar refractivity (Wildman–Crippen MR) is 122 cm³/mol. The van der Waals surface area contributed by atoms with Crippen molar-refractivity contribution in [3.63, 3.8) is 0 Å². The summed E-state index contributed by atoms with van der Waals surface area (Å²) in [6.45, 7) is 10.3. The number of ketones is 1. The van der Waals surface area contributed by atoms with E-state index in [1.807, 2.05) is 39.0 Å². The summed E-state index contributed by atoms with van der Waals surface area (Å²) < 4.78 is 16.9. The van der Waals surface area contributed by atoms with Gasteiger partial charge in [0.2, 0.25) is 5.78 Å². The van der Waals surface area contributed by atoms with Crippen LogP contribution in [0.3, 0.4) is 0 Å². The van der Waals surface area contributed by atoms with Crippen LogP contribution in [-0.2, 0) is 14.3 Å². The Morgan fingerprint density at radius 1 is 1.28 bits per heavy atom. The van der Waals surface area contributed by atoms with E-state index in [2.05, 4.69) is 10.3 Å². The topological polar surface area (TPSA) is 111 Å². The normalized spacial score (nSPS) is 13.9. The summed E-state index contributed by atoms with van der Waals surface area (Å²) in [5.41, 5.74) is 3.30. The smallest absolute Gasteiger partial charge is 0.339 e. The molecule has 1 aliphatic rings. The number of fused-ring (bicyclic) bond motifs is 1. The van der Waals surface area contributed by atoms with Crippen molar-refractivity contribution in [1.82, 2.24) is 4.98 Å². The van der Waals surface area contributed by atoms with E-state index in [0.717, 1.165) is 23.2 Å². The van der Waals surface area contributed by atoms with Crippen LogP contribution in [0.25, 0.3) is 11.1 Å². The van der Waals surface area contributed by atoms with E-state index in [4.69, 9.17) is 19.6 Å². The van der Waals surface area contributed by atoms with Crippen molar-refractivity contribution in [2.45, 2.75) is 46.3 Å². The van der Waals surface area contributed by atoms with Crippen LogP contribution in [0.15, 0.2) is 18.2 Å². The second-order valence-electron chi connectivity index (χ2n) is 8.59. The van der Waals surface area contributed by atoms with Crippen LogP contribution < -0.4 is 10.1 Å². The molecule has 0 spiro atoms. The minimum Gasteiger partial charge on any atom is -0.490 e. The molecule has 32 heavy (non-hydrogen) atoms. The Balaban J connectivity index is 2.34. The van der Waals surface area contributed by atoms with Gasteiger partial charge in [0.15, 0.2) is 6.10 Å². The average Bonchev–Trinajstić information content (AvgIpc) is 2.76. The fourth-order valence-corrected chi connectivity index (χ4v) is 3.80. The molecule has 1 aromatic heterocycles. The van der Waals surface area contributed by atoms with Crippen LogP contribution in [0.4, 0.5) is 5.69 Å². The summed E-state index contributed by atoms with van der Waals surface area (Å²) in [6.07, 6.45) is -0.310. The number of aromatic nitrogens is 1. The number of carbonyl (C=O) groups excluding carboxylic acids is 2. The highest BCUT2D eigenvalue weighted by Crippen LogP contribution is 2.41. The number of aryl methyl sites for hydroxylation is 1. The number of Topliss-reactive ketones (excluding diaryl/α,β-unsaturated/α-hetero) is 1. The van der Waals surface area contributed by atoms with Crippen LogP contribution in [0.2, 0.25) is 0 Å². The van der Waals surface area contributed by atoms with Crippen LogP contribution >= 0.6 is 0 Å². The number of methoxy groups -OCH3 is 1. The largest absolute Gasteiger partial charge is 0.490 e. The number of ether oxygens (including phenoxy) is 3. The number of anilines is 1. The standard InChI is InChI=1S/C24H29N3O5/c1-13-19(15-7-8-18-16(11-15)26-9-10-31-18)20(14(2)27-21(13)17(28)12-25)22(23(29)30-6)32-24(3,4)5/h7-8,11-12,22,25-26H,9-10H2,1-6H3. The number of benzene rings is 1. The maximum atomic E-state index is 12.8. The van der Waals surface area contributed by atoms with Gasteiger partial charge in [-0.1, -0.05) is 6.07 Å². The molecular weight excluding hydrogens is 410 g/mol. The first-order valence-electron chi connectivity index (χ1n) is 10.4. The second kappa shape index (κ2) is 9.08. The Labute approximate surface area is 187 Å². The first kappa shape index (κ1) is 23.4. The Bertz CT molecular complexity index is 1070. The maximum Gasteiger partial charge on any atom is 0.339 e. The third-order valence-corrected chi connectivity index (χ3v) is 5.13. The molecule has 8 nitrogen and oxygen atoms in total. The Hall–Kier alpha value is -3.26. The van der Waals surface area contributed by atoms with Crippen LogP contribution in [0, 0.1) is 19.3 Å². The summed E-state index contributed by atoms with van der Waals surface area (Å²) >= 11 is 0. The van der Waals surface area contributed by atoms with Crippen molar-refractivity contribution in [3.05, 3.63) is 40.7 Å². The number of pyridine rings is 1. The highest BCUT2D eigenvalue weighted by atomic mass is 16.6. The minimum absolute atomic E-state index is 0.164. The van der Waals surface area contributed by atoms with E-state index in [9.17, 15) is 9.59 Å². The fraction of sp³-hybridized carbons (Fsp3) is 0.417. The van der Waals surface area contributed by atoms with E-state index in [1.54, 1.807) is 13.8 Å². The number of nitrogens with one attached hydrogen (secondary N) is 2. The number of rotatable bonds is 6. The van der Waals surface area contributed by atoms with E-state index < -0.39 is 23.5 Å². The molecule has 2 heterocycles. The highest BCUT2D eigenvalue weighted by molar-refractivity contribution is 6.34. The monoisotopic (exact) mass is 439 g/mol. The first-order valence-corrected chi connectivity index (χ1v) is 10.4. The lowest BCUT2D eigenvalue weighted by molar-refractivity contribution is -0.164.